The van der Waals surface area contributed by atoms with Gasteiger partial charge in [0.05, 0.1) is 0 Å². The Hall–Kier alpha value is -1.40. The second kappa shape index (κ2) is 5.62. The Morgan fingerprint density at radius 1 is 1.12 bits per heavy atom. The molecule has 0 fully saturated rings. The number of halogens is 3. The fourth-order valence-electron chi connectivity index (χ4n) is 0.991. The molecular weight excluding hydrogens is 225 g/mol. The Morgan fingerprint density at radius 2 is 1.56 bits per heavy atom. The monoisotopic (exact) mass is 236 g/mol. The summed E-state index contributed by atoms with van der Waals surface area (Å²) in [6, 6.07) is 6.21. The number of rotatable bonds is 2. The van der Waals surface area contributed by atoms with E-state index in [-0.39, 0.29) is 0 Å². The Balaban J connectivity index is 0.00000106. The number of hydrogen-bond acceptors (Lipinski definition) is 3. The number of aldehydes is 1. The lowest BCUT2D eigenvalue weighted by Crippen LogP contribution is -2.43. The third kappa shape index (κ3) is 2.80. The predicted octanol–water partition coefficient (Wildman–Crippen LogP) is 1.24. The fourth-order valence-corrected chi connectivity index (χ4v) is 0.991. The molecule has 0 saturated heterocycles. The summed E-state index contributed by atoms with van der Waals surface area (Å²) in [6.45, 7) is 0. The first-order valence-corrected chi connectivity index (χ1v) is 4.17. The maximum absolute atomic E-state index is 12.3. The van der Waals surface area contributed by atoms with Gasteiger partial charge >= 0.3 is 6.18 Å². The van der Waals surface area contributed by atoms with Crippen molar-refractivity contribution in [2.24, 2.45) is 0 Å². The molecule has 0 aliphatic heterocycles. The highest BCUT2D eigenvalue weighted by atomic mass is 19.4. The molecule has 0 amide bonds. The van der Waals surface area contributed by atoms with Crippen LogP contribution >= 0.6 is 0 Å². The van der Waals surface area contributed by atoms with E-state index in [1.807, 2.05) is 0 Å². The van der Waals surface area contributed by atoms with Crippen molar-refractivity contribution in [3.8, 4) is 0 Å². The summed E-state index contributed by atoms with van der Waals surface area (Å²) in [4.78, 5) is 10.3. The molecule has 0 heterocycles. The molecule has 0 saturated carbocycles. The van der Waals surface area contributed by atoms with Gasteiger partial charge in [-0.15, -0.1) is 0 Å². The Kier molecular flexibility index (Phi) is 5.13. The molecule has 0 bridgehead atoms. The molecule has 1 aromatic carbocycles. The van der Waals surface area contributed by atoms with Gasteiger partial charge in [-0.2, -0.15) is 13.2 Å². The van der Waals surface area contributed by atoms with Crippen LogP contribution in [0, 0.1) is 0 Å². The largest absolute Gasteiger partial charge is 0.428 e. The summed E-state index contributed by atoms with van der Waals surface area (Å²) >= 11 is 0. The molecule has 0 radical (unpaired) electrons. The minimum atomic E-state index is -5.00. The molecular formula is C10H11F3O3. The van der Waals surface area contributed by atoms with E-state index in [9.17, 15) is 18.0 Å². The minimum Gasteiger partial charge on any atom is -0.400 e. The van der Waals surface area contributed by atoms with Crippen LogP contribution in [0.2, 0.25) is 0 Å². The zero-order valence-electron chi connectivity index (χ0n) is 8.40. The number of aliphatic hydroxyl groups excluding tert-OH is 1. The van der Waals surface area contributed by atoms with Gasteiger partial charge in [-0.25, -0.2) is 0 Å². The van der Waals surface area contributed by atoms with Crippen LogP contribution in [-0.4, -0.2) is 29.8 Å². The summed E-state index contributed by atoms with van der Waals surface area (Å²) < 4.78 is 36.9. The number of carbonyl (C=O) groups excluding carboxylic acids is 1. The second-order valence-electron chi connectivity index (χ2n) is 2.75. The van der Waals surface area contributed by atoms with Crippen LogP contribution in [0.25, 0.3) is 0 Å². The van der Waals surface area contributed by atoms with Gasteiger partial charge in [0.15, 0.2) is 6.29 Å². The smallest absolute Gasteiger partial charge is 0.400 e. The van der Waals surface area contributed by atoms with E-state index in [0.29, 0.717) is 0 Å². The summed E-state index contributed by atoms with van der Waals surface area (Å²) in [7, 11) is 1.00. The van der Waals surface area contributed by atoms with Gasteiger partial charge in [0.2, 0.25) is 5.60 Å². The molecule has 16 heavy (non-hydrogen) atoms. The fraction of sp³-hybridized carbons (Fsp3) is 0.300. The zero-order chi connectivity index (χ0) is 12.8. The van der Waals surface area contributed by atoms with Crippen molar-refractivity contribution < 1.29 is 28.2 Å². The molecule has 6 heteroatoms. The van der Waals surface area contributed by atoms with E-state index in [2.05, 4.69) is 0 Å². The van der Waals surface area contributed by atoms with Gasteiger partial charge in [-0.05, 0) is 5.56 Å². The highest BCUT2D eigenvalue weighted by Crippen LogP contribution is 2.36. The number of alkyl halides is 3. The highest BCUT2D eigenvalue weighted by molar-refractivity contribution is 5.67. The first kappa shape index (κ1) is 14.6. The lowest BCUT2D eigenvalue weighted by molar-refractivity contribution is -0.249. The quantitative estimate of drug-likeness (QED) is 0.759. The summed E-state index contributed by atoms with van der Waals surface area (Å²) in [6.07, 6.45) is -5.52. The third-order valence-corrected chi connectivity index (χ3v) is 1.82. The van der Waals surface area contributed by atoms with Crippen molar-refractivity contribution in [3.05, 3.63) is 35.9 Å². The molecule has 1 unspecified atom stereocenters. The SMILES string of the molecule is CO.O=CC(O)(c1ccccc1)C(F)(F)F. The van der Waals surface area contributed by atoms with Gasteiger partial charge in [-0.1, -0.05) is 30.3 Å². The lowest BCUT2D eigenvalue weighted by atomic mass is 9.95. The molecule has 0 aromatic heterocycles. The van der Waals surface area contributed by atoms with Crippen molar-refractivity contribution >= 4 is 6.29 Å². The molecule has 0 aliphatic carbocycles. The average Bonchev–Trinajstić information content (AvgIpc) is 2.30. The molecule has 0 spiro atoms. The Bertz CT molecular complexity index is 324. The van der Waals surface area contributed by atoms with Gasteiger partial charge in [0.25, 0.3) is 0 Å². The summed E-state index contributed by atoms with van der Waals surface area (Å²) in [5.41, 5.74) is -3.89. The highest BCUT2D eigenvalue weighted by Gasteiger charge is 2.55. The maximum Gasteiger partial charge on any atom is 0.428 e. The van der Waals surface area contributed by atoms with Crippen LogP contribution in [0.3, 0.4) is 0 Å². The standard InChI is InChI=1S/C9H7F3O2.CH4O/c10-9(11,12)8(14,6-13)7-4-2-1-3-5-7;1-2/h1-6,14H;2H,1H3. The average molecular weight is 236 g/mol. The van der Waals surface area contributed by atoms with Crippen LogP contribution in [0.1, 0.15) is 5.56 Å². The lowest BCUT2D eigenvalue weighted by Gasteiger charge is -2.24. The van der Waals surface area contributed by atoms with E-state index in [1.54, 1.807) is 0 Å². The molecule has 1 rings (SSSR count). The Morgan fingerprint density at radius 3 is 1.88 bits per heavy atom. The van der Waals surface area contributed by atoms with E-state index in [4.69, 9.17) is 10.2 Å². The van der Waals surface area contributed by atoms with Crippen LogP contribution in [-0.2, 0) is 10.4 Å². The first-order chi connectivity index (χ1) is 7.42. The van der Waals surface area contributed by atoms with Crippen molar-refractivity contribution in [1.82, 2.24) is 0 Å². The topological polar surface area (TPSA) is 57.5 Å². The van der Waals surface area contributed by atoms with E-state index in [0.717, 1.165) is 19.2 Å². The molecule has 90 valence electrons. The Labute approximate surface area is 90.1 Å². The molecule has 0 aliphatic rings. The molecule has 2 N–H and O–H groups in total. The van der Waals surface area contributed by atoms with E-state index < -0.39 is 23.6 Å². The number of carbonyl (C=O) groups is 1. The second-order valence-corrected chi connectivity index (χ2v) is 2.75. The van der Waals surface area contributed by atoms with Crippen molar-refractivity contribution in [3.63, 3.8) is 0 Å². The predicted molar refractivity (Wildman–Crippen MR) is 50.6 cm³/mol. The molecule has 3 nitrogen and oxygen atoms in total. The first-order valence-electron chi connectivity index (χ1n) is 4.17. The van der Waals surface area contributed by atoms with Gasteiger partial charge in [-0.3, -0.25) is 4.79 Å². The maximum atomic E-state index is 12.3. The van der Waals surface area contributed by atoms with Gasteiger partial charge in [0, 0.05) is 7.11 Å². The summed E-state index contributed by atoms with van der Waals surface area (Å²) in [5, 5.41) is 16.1. The zero-order valence-corrected chi connectivity index (χ0v) is 8.40. The minimum absolute atomic E-state index is 0.484. The van der Waals surface area contributed by atoms with Crippen LogP contribution < -0.4 is 0 Å². The number of aliphatic hydroxyl groups is 2. The van der Waals surface area contributed by atoms with Crippen molar-refractivity contribution in [2.45, 2.75) is 11.8 Å². The normalized spacial score (nSPS) is 14.4. The third-order valence-electron chi connectivity index (χ3n) is 1.82. The van der Waals surface area contributed by atoms with E-state index >= 15 is 0 Å². The van der Waals surface area contributed by atoms with Gasteiger partial charge in [0.1, 0.15) is 0 Å². The van der Waals surface area contributed by atoms with Crippen LogP contribution in [0.5, 0.6) is 0 Å². The van der Waals surface area contributed by atoms with E-state index in [1.165, 1.54) is 18.2 Å². The van der Waals surface area contributed by atoms with Gasteiger partial charge < -0.3 is 10.2 Å². The van der Waals surface area contributed by atoms with Crippen LogP contribution in [0.15, 0.2) is 30.3 Å². The molecule has 1 aromatic rings. The number of benzene rings is 1. The number of hydrogen-bond donors (Lipinski definition) is 2. The van der Waals surface area contributed by atoms with Crippen molar-refractivity contribution in [1.29, 1.82) is 0 Å². The van der Waals surface area contributed by atoms with Crippen molar-refractivity contribution in [2.75, 3.05) is 7.11 Å². The van der Waals surface area contributed by atoms with Crippen LogP contribution in [0.4, 0.5) is 13.2 Å². The summed E-state index contributed by atoms with van der Waals surface area (Å²) in [5.74, 6) is 0. The molecule has 1 atom stereocenters.